The lowest BCUT2D eigenvalue weighted by molar-refractivity contribution is 0.152. The van der Waals surface area contributed by atoms with Gasteiger partial charge in [0.25, 0.3) is 0 Å². The molecular formula is C27H38N4O. The first kappa shape index (κ1) is 22.8. The van der Waals surface area contributed by atoms with Crippen molar-refractivity contribution in [3.05, 3.63) is 59.4 Å². The number of aryl methyl sites for hydroxylation is 4. The molecule has 0 atom stereocenters. The van der Waals surface area contributed by atoms with Crippen LogP contribution in [0.15, 0.2) is 42.5 Å². The third-order valence-electron chi connectivity index (χ3n) is 6.64. The van der Waals surface area contributed by atoms with E-state index in [4.69, 9.17) is 9.72 Å². The van der Waals surface area contributed by atoms with Gasteiger partial charge in [-0.15, -0.1) is 0 Å². The zero-order chi connectivity index (χ0) is 22.3. The average molecular weight is 435 g/mol. The Hall–Kier alpha value is -2.37. The molecule has 1 fully saturated rings. The molecule has 5 nitrogen and oxygen atoms in total. The standard InChI is InChI=1S/C27H38N4O/c1-22-10-8-11-23(2)27(22)32-21-7-6-16-31-25-13-5-4-12-24(25)28-26(31)14-9-15-30-19-17-29(3)18-20-30/h4-5,8,10-13H,6-7,9,14-21H2,1-3H3. The highest BCUT2D eigenvalue weighted by atomic mass is 16.5. The summed E-state index contributed by atoms with van der Waals surface area (Å²) < 4.78 is 8.55. The molecule has 2 heterocycles. The summed E-state index contributed by atoms with van der Waals surface area (Å²) in [5, 5.41) is 0. The quantitative estimate of drug-likeness (QED) is 0.434. The van der Waals surface area contributed by atoms with Crippen LogP contribution in [-0.2, 0) is 13.0 Å². The van der Waals surface area contributed by atoms with E-state index in [1.54, 1.807) is 0 Å². The van der Waals surface area contributed by atoms with Gasteiger partial charge in [-0.25, -0.2) is 4.98 Å². The Kier molecular flexibility index (Phi) is 7.82. The fourth-order valence-corrected chi connectivity index (χ4v) is 4.67. The molecule has 1 saturated heterocycles. The van der Waals surface area contributed by atoms with Crippen molar-refractivity contribution in [1.29, 1.82) is 0 Å². The van der Waals surface area contributed by atoms with Crippen molar-refractivity contribution >= 4 is 11.0 Å². The van der Waals surface area contributed by atoms with Gasteiger partial charge < -0.3 is 19.1 Å². The smallest absolute Gasteiger partial charge is 0.125 e. The summed E-state index contributed by atoms with van der Waals surface area (Å²) in [6.45, 7) is 11.9. The molecule has 4 rings (SSSR count). The summed E-state index contributed by atoms with van der Waals surface area (Å²) in [6, 6.07) is 14.9. The van der Waals surface area contributed by atoms with Gasteiger partial charge in [-0.1, -0.05) is 30.3 Å². The topological polar surface area (TPSA) is 33.5 Å². The van der Waals surface area contributed by atoms with Crippen LogP contribution in [0.1, 0.15) is 36.2 Å². The van der Waals surface area contributed by atoms with Gasteiger partial charge in [0.2, 0.25) is 0 Å². The summed E-state index contributed by atoms with van der Waals surface area (Å²) in [5.74, 6) is 2.28. The molecule has 1 aliphatic rings. The Morgan fingerprint density at radius 1 is 0.844 bits per heavy atom. The molecule has 0 spiro atoms. The van der Waals surface area contributed by atoms with Crippen LogP contribution in [0.4, 0.5) is 0 Å². The molecule has 2 aromatic carbocycles. The van der Waals surface area contributed by atoms with Crippen molar-refractivity contribution in [1.82, 2.24) is 19.4 Å². The molecule has 32 heavy (non-hydrogen) atoms. The normalized spacial score (nSPS) is 15.5. The van der Waals surface area contributed by atoms with Crippen LogP contribution in [0.25, 0.3) is 11.0 Å². The summed E-state index contributed by atoms with van der Waals surface area (Å²) in [5.41, 5.74) is 4.81. The lowest BCUT2D eigenvalue weighted by Gasteiger charge is -2.32. The monoisotopic (exact) mass is 434 g/mol. The number of hydrogen-bond acceptors (Lipinski definition) is 4. The Bertz CT molecular complexity index is 984. The van der Waals surface area contributed by atoms with Crippen molar-refractivity contribution in [2.24, 2.45) is 0 Å². The lowest BCUT2D eigenvalue weighted by atomic mass is 10.1. The molecule has 0 bridgehead atoms. The van der Waals surface area contributed by atoms with E-state index >= 15 is 0 Å². The fraction of sp³-hybridized carbons (Fsp3) is 0.519. The Morgan fingerprint density at radius 3 is 2.38 bits per heavy atom. The molecule has 0 N–H and O–H groups in total. The summed E-state index contributed by atoms with van der Waals surface area (Å²) in [6.07, 6.45) is 4.35. The minimum Gasteiger partial charge on any atom is -0.493 e. The number of fused-ring (bicyclic) bond motifs is 1. The molecule has 5 heteroatoms. The number of nitrogens with zero attached hydrogens (tertiary/aromatic N) is 4. The minimum absolute atomic E-state index is 0.761. The summed E-state index contributed by atoms with van der Waals surface area (Å²) >= 11 is 0. The maximum absolute atomic E-state index is 6.11. The third-order valence-corrected chi connectivity index (χ3v) is 6.64. The first-order valence-corrected chi connectivity index (χ1v) is 12.2. The molecular weight excluding hydrogens is 396 g/mol. The second-order valence-corrected chi connectivity index (χ2v) is 9.19. The summed E-state index contributed by atoms with van der Waals surface area (Å²) in [7, 11) is 2.22. The number of para-hydroxylation sites is 3. The van der Waals surface area contributed by atoms with Gasteiger partial charge in [0.1, 0.15) is 11.6 Å². The first-order valence-electron chi connectivity index (χ1n) is 12.2. The molecule has 0 aliphatic carbocycles. The second-order valence-electron chi connectivity index (χ2n) is 9.19. The molecule has 0 unspecified atom stereocenters. The zero-order valence-corrected chi connectivity index (χ0v) is 20.0. The van der Waals surface area contributed by atoms with E-state index in [-0.39, 0.29) is 0 Å². The summed E-state index contributed by atoms with van der Waals surface area (Å²) in [4.78, 5) is 9.99. The van der Waals surface area contributed by atoms with Gasteiger partial charge >= 0.3 is 0 Å². The number of imidazole rings is 1. The van der Waals surface area contributed by atoms with Crippen LogP contribution in [-0.4, -0.2) is 65.7 Å². The Morgan fingerprint density at radius 2 is 1.59 bits per heavy atom. The molecule has 0 radical (unpaired) electrons. The highest BCUT2D eigenvalue weighted by Crippen LogP contribution is 2.23. The highest BCUT2D eigenvalue weighted by molar-refractivity contribution is 5.75. The molecule has 3 aromatic rings. The van der Waals surface area contributed by atoms with Crippen LogP contribution in [0.2, 0.25) is 0 Å². The average Bonchev–Trinajstić information content (AvgIpc) is 3.14. The van der Waals surface area contributed by atoms with Crippen LogP contribution in [0.3, 0.4) is 0 Å². The Labute approximate surface area is 193 Å². The van der Waals surface area contributed by atoms with Gasteiger partial charge in [0.15, 0.2) is 0 Å². The van der Waals surface area contributed by atoms with Gasteiger partial charge in [-0.3, -0.25) is 0 Å². The SMILES string of the molecule is Cc1cccc(C)c1OCCCCn1c(CCCN2CCN(C)CC2)nc2ccccc21. The number of likely N-dealkylation sites (N-methyl/N-ethyl adjacent to an activating group) is 1. The van der Waals surface area contributed by atoms with Gasteiger partial charge in [-0.05, 0) is 70.0 Å². The van der Waals surface area contributed by atoms with Crippen LogP contribution < -0.4 is 4.74 Å². The number of piperazine rings is 1. The third kappa shape index (κ3) is 5.70. The van der Waals surface area contributed by atoms with Crippen LogP contribution in [0.5, 0.6) is 5.75 Å². The lowest BCUT2D eigenvalue weighted by Crippen LogP contribution is -2.44. The fourth-order valence-electron chi connectivity index (χ4n) is 4.67. The van der Waals surface area contributed by atoms with E-state index in [1.165, 1.54) is 61.6 Å². The van der Waals surface area contributed by atoms with Crippen molar-refractivity contribution in [2.45, 2.75) is 46.1 Å². The first-order chi connectivity index (χ1) is 15.6. The predicted octanol–water partition coefficient (Wildman–Crippen LogP) is 4.69. The van der Waals surface area contributed by atoms with E-state index in [0.717, 1.165) is 43.7 Å². The van der Waals surface area contributed by atoms with E-state index in [0.29, 0.717) is 0 Å². The van der Waals surface area contributed by atoms with E-state index in [9.17, 15) is 0 Å². The maximum Gasteiger partial charge on any atom is 0.125 e. The number of ether oxygens (including phenoxy) is 1. The van der Waals surface area contributed by atoms with E-state index in [1.807, 2.05) is 0 Å². The molecule has 1 aliphatic heterocycles. The molecule has 0 saturated carbocycles. The number of benzene rings is 2. The second kappa shape index (κ2) is 11.0. The Balaban J connectivity index is 1.31. The largest absolute Gasteiger partial charge is 0.493 e. The van der Waals surface area contributed by atoms with E-state index in [2.05, 4.69) is 77.7 Å². The van der Waals surface area contributed by atoms with Gasteiger partial charge in [0.05, 0.1) is 17.6 Å². The maximum atomic E-state index is 6.11. The predicted molar refractivity (Wildman–Crippen MR) is 133 cm³/mol. The van der Waals surface area contributed by atoms with Crippen LogP contribution in [0, 0.1) is 13.8 Å². The molecule has 172 valence electrons. The number of hydrogen-bond donors (Lipinski definition) is 0. The van der Waals surface area contributed by atoms with Crippen LogP contribution >= 0.6 is 0 Å². The molecule has 0 amide bonds. The van der Waals surface area contributed by atoms with Crippen molar-refractivity contribution < 1.29 is 4.74 Å². The number of rotatable bonds is 10. The van der Waals surface area contributed by atoms with Gasteiger partial charge in [-0.2, -0.15) is 0 Å². The minimum atomic E-state index is 0.761. The zero-order valence-electron chi connectivity index (χ0n) is 20.0. The van der Waals surface area contributed by atoms with Gasteiger partial charge in [0, 0.05) is 39.1 Å². The van der Waals surface area contributed by atoms with Crippen molar-refractivity contribution in [3.63, 3.8) is 0 Å². The van der Waals surface area contributed by atoms with E-state index < -0.39 is 0 Å². The highest BCUT2D eigenvalue weighted by Gasteiger charge is 2.15. The number of aromatic nitrogens is 2. The number of unbranched alkanes of at least 4 members (excludes halogenated alkanes) is 1. The van der Waals surface area contributed by atoms with Crippen molar-refractivity contribution in [3.8, 4) is 5.75 Å². The van der Waals surface area contributed by atoms with Crippen molar-refractivity contribution in [2.75, 3.05) is 46.4 Å². The molecule has 1 aromatic heterocycles.